The Hall–Kier alpha value is -2.98. The van der Waals surface area contributed by atoms with Gasteiger partial charge in [0.25, 0.3) is 10.0 Å². The Labute approximate surface area is 172 Å². The second-order valence-corrected chi connectivity index (χ2v) is 9.32. The molecule has 0 heterocycles. The van der Waals surface area contributed by atoms with Crippen molar-refractivity contribution >= 4 is 16.1 Å². The van der Waals surface area contributed by atoms with Crippen molar-refractivity contribution in [2.24, 2.45) is 0 Å². The SMILES string of the molecule is Cc1ccc(S(=O)(=O)N(C#CCNC(=O)OC(C)(C)C)Cc2ccccc2)cc1. The highest BCUT2D eigenvalue weighted by Gasteiger charge is 2.22. The van der Waals surface area contributed by atoms with Crippen LogP contribution in [0.4, 0.5) is 4.79 Å². The minimum atomic E-state index is -3.83. The summed E-state index contributed by atoms with van der Waals surface area (Å²) in [6.45, 7) is 7.22. The number of benzene rings is 2. The average Bonchev–Trinajstić information content (AvgIpc) is 2.64. The van der Waals surface area contributed by atoms with Crippen LogP contribution in [-0.2, 0) is 21.3 Å². The van der Waals surface area contributed by atoms with E-state index in [1.807, 2.05) is 37.3 Å². The molecule has 0 bridgehead atoms. The summed E-state index contributed by atoms with van der Waals surface area (Å²) in [5.74, 6) is 2.69. The van der Waals surface area contributed by atoms with E-state index in [2.05, 4.69) is 17.3 Å². The van der Waals surface area contributed by atoms with Crippen LogP contribution in [0.1, 0.15) is 31.9 Å². The lowest BCUT2D eigenvalue weighted by molar-refractivity contribution is 0.0535. The van der Waals surface area contributed by atoms with Crippen molar-refractivity contribution in [3.05, 3.63) is 65.7 Å². The molecule has 0 saturated carbocycles. The molecule has 0 aliphatic carbocycles. The van der Waals surface area contributed by atoms with E-state index >= 15 is 0 Å². The van der Waals surface area contributed by atoms with Crippen molar-refractivity contribution in [1.29, 1.82) is 0 Å². The molecule has 1 N–H and O–H groups in total. The van der Waals surface area contributed by atoms with Crippen LogP contribution in [0, 0.1) is 18.9 Å². The Morgan fingerprint density at radius 2 is 1.69 bits per heavy atom. The van der Waals surface area contributed by atoms with E-state index in [9.17, 15) is 13.2 Å². The Bertz CT molecular complexity index is 983. The van der Waals surface area contributed by atoms with E-state index in [0.29, 0.717) is 0 Å². The number of hydrogen-bond acceptors (Lipinski definition) is 4. The number of alkyl carbamates (subject to hydrolysis) is 1. The summed E-state index contributed by atoms with van der Waals surface area (Å²) in [6, 6.07) is 18.5. The minimum absolute atomic E-state index is 0.0381. The van der Waals surface area contributed by atoms with Gasteiger partial charge in [0.05, 0.1) is 18.0 Å². The highest BCUT2D eigenvalue weighted by atomic mass is 32.2. The molecule has 0 aliphatic heterocycles. The summed E-state index contributed by atoms with van der Waals surface area (Å²) in [7, 11) is -3.83. The lowest BCUT2D eigenvalue weighted by atomic mass is 10.2. The lowest BCUT2D eigenvalue weighted by Gasteiger charge is -2.19. The quantitative estimate of drug-likeness (QED) is 0.598. The molecule has 0 saturated heterocycles. The van der Waals surface area contributed by atoms with Gasteiger partial charge in [-0.2, -0.15) is 0 Å². The monoisotopic (exact) mass is 414 g/mol. The Morgan fingerprint density at radius 1 is 1.07 bits per heavy atom. The first-order valence-corrected chi connectivity index (χ1v) is 10.6. The summed E-state index contributed by atoms with van der Waals surface area (Å²) in [5, 5.41) is 2.50. The van der Waals surface area contributed by atoms with Gasteiger partial charge in [0, 0.05) is 6.04 Å². The van der Waals surface area contributed by atoms with E-state index < -0.39 is 21.7 Å². The van der Waals surface area contributed by atoms with Crippen LogP contribution in [0.25, 0.3) is 0 Å². The molecule has 0 aliphatic rings. The lowest BCUT2D eigenvalue weighted by Crippen LogP contribution is -2.33. The summed E-state index contributed by atoms with van der Waals surface area (Å²) in [5.41, 5.74) is 1.15. The maximum atomic E-state index is 13.1. The zero-order chi connectivity index (χ0) is 21.5. The van der Waals surface area contributed by atoms with Crippen LogP contribution in [0.3, 0.4) is 0 Å². The number of carbonyl (C=O) groups is 1. The van der Waals surface area contributed by atoms with Crippen molar-refractivity contribution in [3.8, 4) is 12.0 Å². The van der Waals surface area contributed by atoms with E-state index in [0.717, 1.165) is 15.4 Å². The third-order valence-electron chi connectivity index (χ3n) is 3.70. The van der Waals surface area contributed by atoms with Crippen molar-refractivity contribution in [2.75, 3.05) is 6.54 Å². The van der Waals surface area contributed by atoms with Crippen molar-refractivity contribution in [3.63, 3.8) is 0 Å². The molecule has 7 heteroatoms. The molecule has 2 rings (SSSR count). The third-order valence-corrected chi connectivity index (χ3v) is 5.37. The molecule has 0 radical (unpaired) electrons. The largest absolute Gasteiger partial charge is 0.444 e. The normalized spacial score (nSPS) is 11.2. The van der Waals surface area contributed by atoms with Gasteiger partial charge < -0.3 is 10.1 Å². The van der Waals surface area contributed by atoms with Gasteiger partial charge in [-0.15, -0.1) is 0 Å². The molecule has 29 heavy (non-hydrogen) atoms. The zero-order valence-electron chi connectivity index (χ0n) is 17.1. The second kappa shape index (κ2) is 9.48. The van der Waals surface area contributed by atoms with Gasteiger partial charge >= 0.3 is 6.09 Å². The van der Waals surface area contributed by atoms with Crippen LogP contribution in [-0.4, -0.2) is 31.0 Å². The number of hydrogen-bond donors (Lipinski definition) is 1. The van der Waals surface area contributed by atoms with E-state index in [1.54, 1.807) is 45.0 Å². The summed E-state index contributed by atoms with van der Waals surface area (Å²) in [4.78, 5) is 11.9. The standard InChI is InChI=1S/C22H26N2O4S/c1-18-11-13-20(14-12-18)29(26,27)24(17-19-9-6-5-7-10-19)16-8-15-23-21(25)28-22(2,3)4/h5-7,9-14H,15,17H2,1-4H3,(H,23,25). The topological polar surface area (TPSA) is 75.7 Å². The fourth-order valence-corrected chi connectivity index (χ4v) is 3.57. The summed E-state index contributed by atoms with van der Waals surface area (Å²) < 4.78 is 32.4. The van der Waals surface area contributed by atoms with Crippen LogP contribution in [0.5, 0.6) is 0 Å². The fourth-order valence-electron chi connectivity index (χ4n) is 2.33. The maximum Gasteiger partial charge on any atom is 0.408 e. The first-order chi connectivity index (χ1) is 13.6. The first kappa shape index (κ1) is 22.3. The van der Waals surface area contributed by atoms with Gasteiger partial charge in [0.15, 0.2) is 0 Å². The van der Waals surface area contributed by atoms with Crippen LogP contribution in [0.15, 0.2) is 59.5 Å². The molecule has 154 valence electrons. The molecule has 2 aromatic carbocycles. The van der Waals surface area contributed by atoms with Gasteiger partial charge in [-0.3, -0.25) is 0 Å². The number of nitrogens with zero attached hydrogens (tertiary/aromatic N) is 1. The molecular weight excluding hydrogens is 388 g/mol. The number of aryl methyl sites for hydroxylation is 1. The maximum absolute atomic E-state index is 13.1. The van der Waals surface area contributed by atoms with Crippen LogP contribution in [0.2, 0.25) is 0 Å². The number of nitrogens with one attached hydrogen (secondary N) is 1. The molecule has 1 amide bonds. The summed E-state index contributed by atoms with van der Waals surface area (Å²) in [6.07, 6.45) is -0.609. The first-order valence-electron chi connectivity index (χ1n) is 9.16. The molecule has 0 unspecified atom stereocenters. The van der Waals surface area contributed by atoms with Crippen LogP contribution >= 0.6 is 0 Å². The van der Waals surface area contributed by atoms with Gasteiger partial charge in [-0.05, 0) is 45.4 Å². The number of carbonyl (C=O) groups excluding carboxylic acids is 1. The van der Waals surface area contributed by atoms with Gasteiger partial charge in [0.2, 0.25) is 0 Å². The molecular formula is C22H26N2O4S. The number of rotatable bonds is 5. The van der Waals surface area contributed by atoms with Gasteiger partial charge in [-0.1, -0.05) is 53.9 Å². The van der Waals surface area contributed by atoms with Gasteiger partial charge in [0.1, 0.15) is 5.60 Å². The number of amides is 1. The Balaban J connectivity index is 2.20. The van der Waals surface area contributed by atoms with E-state index in [1.165, 1.54) is 0 Å². The molecule has 0 aromatic heterocycles. The Morgan fingerprint density at radius 3 is 2.28 bits per heavy atom. The highest BCUT2D eigenvalue weighted by molar-refractivity contribution is 7.89. The number of sulfonamides is 1. The highest BCUT2D eigenvalue weighted by Crippen LogP contribution is 2.18. The van der Waals surface area contributed by atoms with Crippen molar-refractivity contribution in [2.45, 2.75) is 44.7 Å². The zero-order valence-corrected chi connectivity index (χ0v) is 17.9. The average molecular weight is 415 g/mol. The smallest absolute Gasteiger partial charge is 0.408 e. The molecule has 0 atom stereocenters. The van der Waals surface area contributed by atoms with E-state index in [-0.39, 0.29) is 18.0 Å². The molecule has 0 fully saturated rings. The molecule has 2 aromatic rings. The Kier molecular flexibility index (Phi) is 7.29. The summed E-state index contributed by atoms with van der Waals surface area (Å²) >= 11 is 0. The van der Waals surface area contributed by atoms with Gasteiger partial charge in [-0.25, -0.2) is 17.5 Å². The number of ether oxygens (including phenoxy) is 1. The van der Waals surface area contributed by atoms with Crippen LogP contribution < -0.4 is 5.32 Å². The van der Waals surface area contributed by atoms with Crippen molar-refractivity contribution in [1.82, 2.24) is 9.62 Å². The predicted molar refractivity (Wildman–Crippen MR) is 112 cm³/mol. The third kappa shape index (κ3) is 7.16. The van der Waals surface area contributed by atoms with Crippen molar-refractivity contribution < 1.29 is 17.9 Å². The molecule has 0 spiro atoms. The second-order valence-electron chi connectivity index (χ2n) is 7.45. The van der Waals surface area contributed by atoms with E-state index in [4.69, 9.17) is 4.74 Å². The molecule has 6 nitrogen and oxygen atoms in total. The minimum Gasteiger partial charge on any atom is -0.444 e. The predicted octanol–water partition coefficient (Wildman–Crippen LogP) is 3.67. The fraction of sp³-hybridized carbons (Fsp3) is 0.318.